The molecule has 3 aliphatic rings. The van der Waals surface area contributed by atoms with Crippen LogP contribution in [-0.2, 0) is 9.59 Å². The predicted octanol–water partition coefficient (Wildman–Crippen LogP) is 3.79. The number of piperidine rings is 1. The summed E-state index contributed by atoms with van der Waals surface area (Å²) in [5.74, 6) is 0.795. The van der Waals surface area contributed by atoms with Crippen molar-refractivity contribution in [3.63, 3.8) is 0 Å². The zero-order valence-electron chi connectivity index (χ0n) is 25.3. The molecule has 12 nitrogen and oxygen atoms in total. The standard InChI is InChI=1S/C31H43N7O5/c1-4-24-30(42)36(2)25-19-32-31(35-28(25)38(24)22-8-5-6-9-22)34-23-12-11-20(18-26(23)43-3)29(41)33-21-13-16-37(17-14-21)15-7-10-27(39)40/h11-12,18-19,21-22,24H,4-10,13-17H2,1-3H3,(H,33,41)(H,39,40)(H,32,34,35)/t24-/m1/s1. The molecule has 3 heterocycles. The molecule has 232 valence electrons. The number of aliphatic carboxylic acids is 1. The van der Waals surface area contributed by atoms with Crippen molar-refractivity contribution >= 4 is 40.9 Å². The van der Waals surface area contributed by atoms with Gasteiger partial charge in [-0.05, 0) is 63.3 Å². The first-order valence-corrected chi connectivity index (χ1v) is 15.4. The second kappa shape index (κ2) is 13.6. The van der Waals surface area contributed by atoms with E-state index in [2.05, 4.69) is 25.4 Å². The quantitative estimate of drug-likeness (QED) is 0.353. The summed E-state index contributed by atoms with van der Waals surface area (Å²) in [7, 11) is 3.34. The number of amides is 2. The number of rotatable bonds is 11. The molecule has 3 N–H and O–H groups in total. The first kappa shape index (κ1) is 30.5. The maximum Gasteiger partial charge on any atom is 0.303 e. The van der Waals surface area contributed by atoms with Gasteiger partial charge in [-0.3, -0.25) is 14.4 Å². The van der Waals surface area contributed by atoms with Gasteiger partial charge in [-0.1, -0.05) is 19.8 Å². The summed E-state index contributed by atoms with van der Waals surface area (Å²) in [6.07, 6.45) is 9.25. The Labute approximate surface area is 252 Å². The van der Waals surface area contributed by atoms with Crippen LogP contribution in [0.25, 0.3) is 0 Å². The lowest BCUT2D eigenvalue weighted by Crippen LogP contribution is -2.55. The first-order valence-electron chi connectivity index (χ1n) is 15.4. The van der Waals surface area contributed by atoms with Gasteiger partial charge in [-0.2, -0.15) is 4.98 Å². The molecule has 1 saturated carbocycles. The Morgan fingerprint density at radius 1 is 1.14 bits per heavy atom. The number of fused-ring (bicyclic) bond motifs is 1. The number of ether oxygens (including phenoxy) is 1. The number of nitrogens with zero attached hydrogens (tertiary/aromatic N) is 5. The molecule has 1 saturated heterocycles. The zero-order valence-corrected chi connectivity index (χ0v) is 25.3. The van der Waals surface area contributed by atoms with Gasteiger partial charge >= 0.3 is 5.97 Å². The van der Waals surface area contributed by atoms with E-state index in [9.17, 15) is 14.4 Å². The SMILES string of the molecule is CC[C@@H]1C(=O)N(C)c2cnc(Nc3ccc(C(=O)NC4CCN(CCCC(=O)O)CC4)cc3OC)nc2N1C1CCCC1. The number of aromatic nitrogens is 2. The third-order valence-electron chi connectivity index (χ3n) is 8.91. The molecule has 0 spiro atoms. The first-order chi connectivity index (χ1) is 20.8. The summed E-state index contributed by atoms with van der Waals surface area (Å²) in [4.78, 5) is 52.6. The summed E-state index contributed by atoms with van der Waals surface area (Å²) in [6.45, 7) is 4.47. The second-order valence-corrected chi connectivity index (χ2v) is 11.7. The number of methoxy groups -OCH3 is 1. The monoisotopic (exact) mass is 593 g/mol. The predicted molar refractivity (Wildman–Crippen MR) is 164 cm³/mol. The zero-order chi connectivity index (χ0) is 30.5. The van der Waals surface area contributed by atoms with E-state index in [-0.39, 0.29) is 36.4 Å². The van der Waals surface area contributed by atoms with Gasteiger partial charge in [0.2, 0.25) is 11.9 Å². The molecule has 1 aliphatic carbocycles. The van der Waals surface area contributed by atoms with Crippen LogP contribution in [0.4, 0.5) is 23.1 Å². The van der Waals surface area contributed by atoms with Crippen molar-refractivity contribution in [2.24, 2.45) is 0 Å². The number of carbonyl (C=O) groups excluding carboxylic acids is 2. The minimum Gasteiger partial charge on any atom is -0.495 e. The summed E-state index contributed by atoms with van der Waals surface area (Å²) in [5, 5.41) is 15.2. The number of likely N-dealkylation sites (tertiary alicyclic amines) is 1. The van der Waals surface area contributed by atoms with Crippen LogP contribution in [-0.4, -0.2) is 89.7 Å². The van der Waals surface area contributed by atoms with E-state index in [1.54, 1.807) is 43.5 Å². The van der Waals surface area contributed by atoms with E-state index in [1.807, 2.05) is 6.92 Å². The average Bonchev–Trinajstić information content (AvgIpc) is 3.54. The van der Waals surface area contributed by atoms with Crippen LogP contribution in [0.3, 0.4) is 0 Å². The largest absolute Gasteiger partial charge is 0.495 e. The van der Waals surface area contributed by atoms with Crippen LogP contribution in [0, 0.1) is 0 Å². The maximum absolute atomic E-state index is 13.2. The van der Waals surface area contributed by atoms with Gasteiger partial charge in [-0.25, -0.2) is 4.98 Å². The number of likely N-dealkylation sites (N-methyl/N-ethyl adjacent to an activating group) is 1. The normalized spacial score (nSPS) is 19.8. The number of nitrogens with one attached hydrogen (secondary N) is 2. The van der Waals surface area contributed by atoms with Crippen LogP contribution >= 0.6 is 0 Å². The molecule has 2 fully saturated rings. The van der Waals surface area contributed by atoms with Crippen LogP contribution in [0.5, 0.6) is 5.75 Å². The van der Waals surface area contributed by atoms with Crippen molar-refractivity contribution in [3.8, 4) is 5.75 Å². The highest BCUT2D eigenvalue weighted by molar-refractivity contribution is 6.04. The smallest absolute Gasteiger partial charge is 0.303 e. The van der Waals surface area contributed by atoms with Crippen LogP contribution < -0.4 is 25.2 Å². The number of carboxylic acids is 1. The van der Waals surface area contributed by atoms with E-state index in [0.717, 1.165) is 64.0 Å². The molecule has 12 heteroatoms. The Morgan fingerprint density at radius 2 is 1.88 bits per heavy atom. The molecular formula is C31H43N7O5. The van der Waals surface area contributed by atoms with Gasteiger partial charge in [0.15, 0.2) is 5.82 Å². The lowest BCUT2D eigenvalue weighted by atomic mass is 10.0. The highest BCUT2D eigenvalue weighted by atomic mass is 16.5. The van der Waals surface area contributed by atoms with E-state index in [1.165, 1.54) is 0 Å². The van der Waals surface area contributed by atoms with Gasteiger partial charge in [0, 0.05) is 44.2 Å². The Bertz CT molecular complexity index is 1320. The number of carboxylic acid groups (broad SMARTS) is 1. The van der Waals surface area contributed by atoms with Crippen molar-refractivity contribution in [2.45, 2.75) is 82.8 Å². The summed E-state index contributed by atoms with van der Waals surface area (Å²) in [5.41, 5.74) is 1.83. The summed E-state index contributed by atoms with van der Waals surface area (Å²) >= 11 is 0. The van der Waals surface area contributed by atoms with Crippen molar-refractivity contribution in [1.82, 2.24) is 20.2 Å². The molecule has 2 aliphatic heterocycles. The number of hydrogen-bond acceptors (Lipinski definition) is 9. The van der Waals surface area contributed by atoms with E-state index in [4.69, 9.17) is 14.8 Å². The summed E-state index contributed by atoms with van der Waals surface area (Å²) < 4.78 is 5.64. The highest BCUT2D eigenvalue weighted by Crippen LogP contribution is 2.40. The topological polar surface area (TPSA) is 140 Å². The van der Waals surface area contributed by atoms with Gasteiger partial charge < -0.3 is 35.2 Å². The minimum absolute atomic E-state index is 0.0655. The Kier molecular flexibility index (Phi) is 9.64. The van der Waals surface area contributed by atoms with Crippen molar-refractivity contribution in [2.75, 3.05) is 48.9 Å². The molecule has 2 amide bonds. The number of carbonyl (C=O) groups is 3. The lowest BCUT2D eigenvalue weighted by molar-refractivity contribution is -0.137. The van der Waals surface area contributed by atoms with Gasteiger partial charge in [-0.15, -0.1) is 0 Å². The lowest BCUT2D eigenvalue weighted by Gasteiger charge is -2.43. The molecule has 0 radical (unpaired) electrons. The van der Waals surface area contributed by atoms with Gasteiger partial charge in [0.1, 0.15) is 17.5 Å². The molecule has 1 aromatic heterocycles. The van der Waals surface area contributed by atoms with Crippen LogP contribution in [0.1, 0.15) is 75.1 Å². The highest BCUT2D eigenvalue weighted by Gasteiger charge is 2.41. The number of anilines is 4. The average molecular weight is 594 g/mol. The van der Waals surface area contributed by atoms with E-state index < -0.39 is 5.97 Å². The van der Waals surface area contributed by atoms with Gasteiger partial charge in [0.25, 0.3) is 5.91 Å². The molecule has 1 atom stereocenters. The third kappa shape index (κ3) is 6.84. The molecule has 1 aromatic carbocycles. The molecule has 43 heavy (non-hydrogen) atoms. The van der Waals surface area contributed by atoms with Crippen molar-refractivity contribution < 1.29 is 24.2 Å². The van der Waals surface area contributed by atoms with Crippen LogP contribution in [0.2, 0.25) is 0 Å². The number of hydrogen-bond donors (Lipinski definition) is 3. The minimum atomic E-state index is -0.768. The van der Waals surface area contributed by atoms with Crippen LogP contribution in [0.15, 0.2) is 24.4 Å². The maximum atomic E-state index is 13.2. The second-order valence-electron chi connectivity index (χ2n) is 11.7. The molecular weight excluding hydrogens is 550 g/mol. The van der Waals surface area contributed by atoms with Gasteiger partial charge in [0.05, 0.1) is 19.0 Å². The fraction of sp³-hybridized carbons (Fsp3) is 0.581. The molecule has 2 aromatic rings. The Hall–Kier alpha value is -3.93. The summed E-state index contributed by atoms with van der Waals surface area (Å²) in [6, 6.07) is 5.35. The fourth-order valence-corrected chi connectivity index (χ4v) is 6.52. The van der Waals surface area contributed by atoms with Crippen molar-refractivity contribution in [3.05, 3.63) is 30.0 Å². The Balaban J connectivity index is 1.26. The third-order valence-corrected chi connectivity index (χ3v) is 8.91. The molecule has 0 unspecified atom stereocenters. The fourth-order valence-electron chi connectivity index (χ4n) is 6.52. The Morgan fingerprint density at radius 3 is 2.56 bits per heavy atom. The van der Waals surface area contributed by atoms with Crippen molar-refractivity contribution in [1.29, 1.82) is 0 Å². The number of benzene rings is 1. The van der Waals surface area contributed by atoms with E-state index in [0.29, 0.717) is 41.5 Å². The van der Waals surface area contributed by atoms with E-state index >= 15 is 0 Å². The molecule has 5 rings (SSSR count). The molecule has 0 bridgehead atoms.